The molecule has 0 spiro atoms. The third-order valence-electron chi connectivity index (χ3n) is 2.88. The third kappa shape index (κ3) is 3.05. The van der Waals surface area contributed by atoms with E-state index in [9.17, 15) is 17.6 Å². The maximum Gasteiger partial charge on any atom is 0.352 e. The summed E-state index contributed by atoms with van der Waals surface area (Å²) in [6, 6.07) is 5.08. The standard InChI is InChI=1S/C13H13FN2O4S/c1-8-3-4-11(10(14)5-8)15-21(19,20)9-6-12(13(17)18)16(2)7-9/h3-7,15H,1-2H3,(H,17,18). The molecule has 2 aromatic rings. The highest BCUT2D eigenvalue weighted by Crippen LogP contribution is 2.21. The molecule has 2 rings (SSSR count). The van der Waals surface area contributed by atoms with E-state index in [1.54, 1.807) is 13.0 Å². The lowest BCUT2D eigenvalue weighted by Gasteiger charge is -2.07. The summed E-state index contributed by atoms with van der Waals surface area (Å²) in [6.07, 6.45) is 1.15. The van der Waals surface area contributed by atoms with E-state index in [4.69, 9.17) is 5.11 Å². The number of carboxylic acids is 1. The molecule has 0 bridgehead atoms. The molecule has 2 N–H and O–H groups in total. The number of benzene rings is 1. The SMILES string of the molecule is Cc1ccc(NS(=O)(=O)c2cc(C(=O)O)n(C)c2)c(F)c1. The van der Waals surface area contributed by atoms with Crippen LogP contribution in [0.3, 0.4) is 0 Å². The Morgan fingerprint density at radius 1 is 1.33 bits per heavy atom. The zero-order valence-electron chi connectivity index (χ0n) is 11.3. The molecule has 1 aromatic carbocycles. The van der Waals surface area contributed by atoms with Crippen molar-refractivity contribution in [2.24, 2.45) is 7.05 Å². The van der Waals surface area contributed by atoms with Gasteiger partial charge in [-0.25, -0.2) is 17.6 Å². The van der Waals surface area contributed by atoms with E-state index in [2.05, 4.69) is 4.72 Å². The number of nitrogens with one attached hydrogen (secondary N) is 1. The predicted octanol–water partition coefficient (Wildman–Crippen LogP) is 1.97. The van der Waals surface area contributed by atoms with Gasteiger partial charge in [-0.2, -0.15) is 0 Å². The smallest absolute Gasteiger partial charge is 0.352 e. The minimum Gasteiger partial charge on any atom is -0.477 e. The number of aromatic nitrogens is 1. The van der Waals surface area contributed by atoms with Gasteiger partial charge in [0.15, 0.2) is 0 Å². The van der Waals surface area contributed by atoms with Gasteiger partial charge in [-0.3, -0.25) is 4.72 Å². The summed E-state index contributed by atoms with van der Waals surface area (Å²) >= 11 is 0. The number of hydrogen-bond donors (Lipinski definition) is 2. The van der Waals surface area contributed by atoms with Crippen LogP contribution < -0.4 is 4.72 Å². The molecule has 0 saturated carbocycles. The van der Waals surface area contributed by atoms with E-state index in [1.165, 1.54) is 23.7 Å². The number of hydrogen-bond acceptors (Lipinski definition) is 3. The van der Waals surface area contributed by atoms with Crippen LogP contribution >= 0.6 is 0 Å². The molecule has 0 unspecified atom stereocenters. The predicted molar refractivity (Wildman–Crippen MR) is 74.3 cm³/mol. The average molecular weight is 312 g/mol. The van der Waals surface area contributed by atoms with Crippen molar-refractivity contribution >= 4 is 21.7 Å². The molecule has 0 radical (unpaired) electrons. The normalized spacial score (nSPS) is 11.4. The van der Waals surface area contributed by atoms with Crippen molar-refractivity contribution in [1.82, 2.24) is 4.57 Å². The second-order valence-electron chi connectivity index (χ2n) is 4.57. The minimum absolute atomic E-state index is 0.181. The lowest BCUT2D eigenvalue weighted by Crippen LogP contribution is -2.13. The molecule has 0 saturated heterocycles. The number of sulfonamides is 1. The van der Waals surface area contributed by atoms with E-state index < -0.39 is 21.8 Å². The number of aryl methyl sites for hydroxylation is 2. The molecule has 0 fully saturated rings. The molecule has 8 heteroatoms. The Morgan fingerprint density at radius 3 is 2.52 bits per heavy atom. The fourth-order valence-corrected chi connectivity index (χ4v) is 2.94. The maximum atomic E-state index is 13.7. The largest absolute Gasteiger partial charge is 0.477 e. The summed E-state index contributed by atoms with van der Waals surface area (Å²) < 4.78 is 41.2. The molecule has 0 amide bonds. The number of aromatic carboxylic acids is 1. The van der Waals surface area contributed by atoms with Crippen LogP contribution in [0.5, 0.6) is 0 Å². The van der Waals surface area contributed by atoms with Gasteiger partial charge in [-0.1, -0.05) is 6.07 Å². The molecule has 112 valence electrons. The van der Waals surface area contributed by atoms with Crippen molar-refractivity contribution < 1.29 is 22.7 Å². The average Bonchev–Trinajstić information content (AvgIpc) is 2.76. The third-order valence-corrected chi connectivity index (χ3v) is 4.21. The minimum atomic E-state index is -4.06. The first-order valence-electron chi connectivity index (χ1n) is 5.89. The summed E-state index contributed by atoms with van der Waals surface area (Å²) in [4.78, 5) is 10.7. The van der Waals surface area contributed by atoms with Gasteiger partial charge in [0, 0.05) is 13.2 Å². The van der Waals surface area contributed by atoms with Crippen LogP contribution in [0.2, 0.25) is 0 Å². The quantitative estimate of drug-likeness (QED) is 0.903. The fraction of sp³-hybridized carbons (Fsp3) is 0.154. The molecule has 6 nitrogen and oxygen atoms in total. The van der Waals surface area contributed by atoms with Gasteiger partial charge in [0.1, 0.15) is 16.4 Å². The van der Waals surface area contributed by atoms with Gasteiger partial charge < -0.3 is 9.67 Å². The topological polar surface area (TPSA) is 88.4 Å². The van der Waals surface area contributed by atoms with Crippen molar-refractivity contribution in [3.8, 4) is 0 Å². The summed E-state index contributed by atoms with van der Waals surface area (Å²) in [5.41, 5.74) is 0.282. The van der Waals surface area contributed by atoms with E-state index >= 15 is 0 Å². The van der Waals surface area contributed by atoms with Crippen molar-refractivity contribution in [1.29, 1.82) is 0 Å². The maximum absolute atomic E-state index is 13.7. The first kappa shape index (κ1) is 15.0. The fourth-order valence-electron chi connectivity index (χ4n) is 1.80. The molecule has 0 atom stereocenters. The van der Waals surface area contributed by atoms with Gasteiger partial charge in [0.05, 0.1) is 5.69 Å². The van der Waals surface area contributed by atoms with E-state index in [1.807, 2.05) is 0 Å². The Balaban J connectivity index is 2.38. The van der Waals surface area contributed by atoms with Crippen molar-refractivity contribution in [2.45, 2.75) is 11.8 Å². The monoisotopic (exact) mass is 312 g/mol. The number of nitrogens with zero attached hydrogens (tertiary/aromatic N) is 1. The van der Waals surface area contributed by atoms with Gasteiger partial charge >= 0.3 is 5.97 Å². The summed E-state index contributed by atoms with van der Waals surface area (Å²) in [6.45, 7) is 1.68. The molecular weight excluding hydrogens is 299 g/mol. The molecule has 0 aliphatic heterocycles. The highest BCUT2D eigenvalue weighted by molar-refractivity contribution is 7.92. The lowest BCUT2D eigenvalue weighted by molar-refractivity contribution is 0.0686. The van der Waals surface area contributed by atoms with Crippen LogP contribution in [0, 0.1) is 12.7 Å². The van der Waals surface area contributed by atoms with E-state index in [-0.39, 0.29) is 16.3 Å². The van der Waals surface area contributed by atoms with Crippen molar-refractivity contribution in [3.63, 3.8) is 0 Å². The van der Waals surface area contributed by atoms with Crippen LogP contribution in [0.1, 0.15) is 16.1 Å². The number of rotatable bonds is 4. The Hall–Kier alpha value is -2.35. The number of carbonyl (C=O) groups is 1. The van der Waals surface area contributed by atoms with Crippen LogP contribution in [0.25, 0.3) is 0 Å². The Bertz CT molecular complexity index is 812. The van der Waals surface area contributed by atoms with Gasteiger partial charge in [0.2, 0.25) is 0 Å². The summed E-state index contributed by atoms with van der Waals surface area (Å²) in [7, 11) is -2.65. The molecule has 0 aliphatic carbocycles. The molecule has 0 aliphatic rings. The second-order valence-corrected chi connectivity index (χ2v) is 6.25. The van der Waals surface area contributed by atoms with Gasteiger partial charge in [-0.15, -0.1) is 0 Å². The van der Waals surface area contributed by atoms with Crippen LogP contribution in [0.15, 0.2) is 35.4 Å². The van der Waals surface area contributed by atoms with Crippen molar-refractivity contribution in [2.75, 3.05) is 4.72 Å². The highest BCUT2D eigenvalue weighted by Gasteiger charge is 2.21. The Labute approximate surface area is 120 Å². The second kappa shape index (κ2) is 5.21. The first-order valence-corrected chi connectivity index (χ1v) is 7.37. The van der Waals surface area contributed by atoms with E-state index in [0.717, 1.165) is 12.3 Å². The molecule has 1 heterocycles. The Kier molecular flexibility index (Phi) is 3.73. The summed E-state index contributed by atoms with van der Waals surface area (Å²) in [5.74, 6) is -1.95. The van der Waals surface area contributed by atoms with Crippen LogP contribution in [-0.2, 0) is 17.1 Å². The molecular formula is C13H13FN2O4S. The van der Waals surface area contributed by atoms with Gasteiger partial charge in [-0.05, 0) is 30.7 Å². The van der Waals surface area contributed by atoms with E-state index in [0.29, 0.717) is 5.56 Å². The summed E-state index contributed by atoms with van der Waals surface area (Å²) in [5, 5.41) is 8.91. The zero-order valence-corrected chi connectivity index (χ0v) is 12.1. The highest BCUT2D eigenvalue weighted by atomic mass is 32.2. The number of halogens is 1. The number of anilines is 1. The number of carboxylic acid groups (broad SMARTS) is 1. The zero-order chi connectivity index (χ0) is 15.8. The van der Waals surface area contributed by atoms with Gasteiger partial charge in [0.25, 0.3) is 10.0 Å². The van der Waals surface area contributed by atoms with Crippen LogP contribution in [0.4, 0.5) is 10.1 Å². The Morgan fingerprint density at radius 2 is 2.00 bits per heavy atom. The van der Waals surface area contributed by atoms with Crippen LogP contribution in [-0.4, -0.2) is 24.1 Å². The lowest BCUT2D eigenvalue weighted by atomic mass is 10.2. The first-order chi connectivity index (χ1) is 9.70. The van der Waals surface area contributed by atoms with Crippen molar-refractivity contribution in [3.05, 3.63) is 47.5 Å². The molecule has 1 aromatic heterocycles. The molecule has 21 heavy (non-hydrogen) atoms.